The third-order valence-electron chi connectivity index (χ3n) is 0.371. The Morgan fingerprint density at radius 3 is 1.06 bits per heavy atom. The summed E-state index contributed by atoms with van der Waals surface area (Å²) in [4.78, 5) is 18.6. The van der Waals surface area contributed by atoms with Crippen molar-refractivity contribution >= 4 is 37.2 Å². The molecule has 0 radical (unpaired) electrons. The van der Waals surface area contributed by atoms with E-state index in [9.17, 15) is 9.59 Å². The van der Waals surface area contributed by atoms with Crippen molar-refractivity contribution in [2.75, 3.05) is 38.9 Å². The van der Waals surface area contributed by atoms with Gasteiger partial charge in [0.25, 0.3) is 0 Å². The number of methoxy groups -OCH3 is 1. The van der Waals surface area contributed by atoms with Crippen molar-refractivity contribution in [1.82, 2.24) is 0 Å². The van der Waals surface area contributed by atoms with Crippen molar-refractivity contribution in [3.63, 3.8) is 0 Å². The first-order chi connectivity index (χ1) is 7.87. The van der Waals surface area contributed by atoms with Crippen molar-refractivity contribution in [2.45, 2.75) is 0 Å². The number of hydrogen-bond donors (Lipinski definition) is 6. The molecule has 0 amide bonds. The Kier molecular flexibility index (Phi) is 44.1. The van der Waals surface area contributed by atoms with Crippen LogP contribution in [0.3, 0.4) is 0 Å². The Bertz CT molecular complexity index is 139. The minimum atomic E-state index is -0.881. The van der Waals surface area contributed by atoms with Gasteiger partial charge in [-0.3, -0.25) is 9.59 Å². The average molecular weight is 292 g/mol. The minimum absolute atomic E-state index is 0.0833. The molecule has 0 aliphatic heterocycles. The normalized spacial score (nSPS) is 7.18. The molecule has 0 atom stereocenters. The van der Waals surface area contributed by atoms with Gasteiger partial charge >= 0.3 is 11.9 Å². The minimum Gasteiger partial charge on any atom is -0.481 e. The summed E-state index contributed by atoms with van der Waals surface area (Å²) in [5, 5.41) is 30.5. The van der Waals surface area contributed by atoms with Crippen LogP contribution in [0.15, 0.2) is 0 Å². The van der Waals surface area contributed by atoms with Crippen molar-refractivity contribution in [1.29, 1.82) is 0 Å². The zero-order chi connectivity index (χ0) is 14.7. The molecule has 4 N–H and O–H groups in total. The second kappa shape index (κ2) is 29.6. The van der Waals surface area contributed by atoms with Crippen molar-refractivity contribution < 1.29 is 34.8 Å². The maximum absolute atomic E-state index is 9.29. The van der Waals surface area contributed by atoms with Crippen LogP contribution < -0.4 is 0 Å². The number of carboxylic acid groups (broad SMARTS) is 2. The summed E-state index contributed by atoms with van der Waals surface area (Å²) >= 11 is 6.83. The van der Waals surface area contributed by atoms with Gasteiger partial charge < -0.3 is 25.2 Å². The van der Waals surface area contributed by atoms with E-state index >= 15 is 0 Å². The highest BCUT2D eigenvalue weighted by atomic mass is 32.1. The van der Waals surface area contributed by atoms with E-state index in [0.717, 1.165) is 0 Å². The number of aliphatic hydroxyl groups is 2. The molecule has 7 nitrogen and oxygen atoms in total. The highest BCUT2D eigenvalue weighted by Crippen LogP contribution is 1.66. The lowest BCUT2D eigenvalue weighted by Crippen LogP contribution is -1.92. The Morgan fingerprint density at radius 2 is 1.06 bits per heavy atom. The lowest BCUT2D eigenvalue weighted by atomic mass is 10.8. The standard InChI is InChI=1S/2C2H4O2S.C2H6O2.C2H6O/c2*3-2(4)1-5;3-1-2-4;1-3-2/h2*5H,1H2,(H,3,4);3-4H,1-2H2;1-2H3. The van der Waals surface area contributed by atoms with Gasteiger partial charge in [0.2, 0.25) is 0 Å². The van der Waals surface area contributed by atoms with Gasteiger partial charge in [-0.25, -0.2) is 0 Å². The first-order valence-corrected chi connectivity index (χ1v) is 5.41. The van der Waals surface area contributed by atoms with Crippen LogP contribution >= 0.6 is 25.3 Å². The molecule has 0 heterocycles. The van der Waals surface area contributed by atoms with Crippen LogP contribution in [-0.4, -0.2) is 71.3 Å². The number of ether oxygens (including phenoxy) is 1. The van der Waals surface area contributed by atoms with E-state index < -0.39 is 11.9 Å². The molecule has 0 unspecified atom stereocenters. The van der Waals surface area contributed by atoms with E-state index in [2.05, 4.69) is 30.0 Å². The van der Waals surface area contributed by atoms with E-state index in [0.29, 0.717) is 0 Å². The molecule has 0 spiro atoms. The molecule has 17 heavy (non-hydrogen) atoms. The fourth-order valence-electron chi connectivity index (χ4n) is 0. The Balaban J connectivity index is -0.0000000676. The van der Waals surface area contributed by atoms with Gasteiger partial charge in [-0.15, -0.1) is 0 Å². The van der Waals surface area contributed by atoms with Crippen molar-refractivity contribution in [3.8, 4) is 0 Å². The predicted octanol–water partition coefficient (Wildman–Crippen LogP) is -0.765. The van der Waals surface area contributed by atoms with Crippen LogP contribution in [0.5, 0.6) is 0 Å². The third kappa shape index (κ3) is 139. The maximum Gasteiger partial charge on any atom is 0.313 e. The summed E-state index contributed by atoms with van der Waals surface area (Å²) in [6.45, 7) is -0.250. The zero-order valence-electron chi connectivity index (χ0n) is 9.74. The molecule has 0 saturated carbocycles. The second-order valence-corrected chi connectivity index (χ2v) is 2.59. The maximum atomic E-state index is 9.29. The largest absolute Gasteiger partial charge is 0.481 e. The molecule has 0 aromatic carbocycles. The van der Waals surface area contributed by atoms with Crippen LogP contribution in [0.2, 0.25) is 0 Å². The van der Waals surface area contributed by atoms with Gasteiger partial charge in [-0.05, 0) is 0 Å². The first kappa shape index (κ1) is 25.4. The number of aliphatic carboxylic acids is 2. The topological polar surface area (TPSA) is 124 Å². The molecular weight excluding hydrogens is 272 g/mol. The molecule has 0 aromatic rings. The van der Waals surface area contributed by atoms with E-state index in [-0.39, 0.29) is 24.7 Å². The number of rotatable bonds is 3. The van der Waals surface area contributed by atoms with Crippen LogP contribution in [0, 0.1) is 0 Å². The van der Waals surface area contributed by atoms with Crippen LogP contribution in [-0.2, 0) is 14.3 Å². The van der Waals surface area contributed by atoms with Gasteiger partial charge in [0.15, 0.2) is 0 Å². The Morgan fingerprint density at radius 1 is 0.941 bits per heavy atom. The van der Waals surface area contributed by atoms with Crippen LogP contribution in [0.4, 0.5) is 0 Å². The summed E-state index contributed by atoms with van der Waals surface area (Å²) in [5.74, 6) is -1.93. The van der Waals surface area contributed by atoms with E-state index in [4.69, 9.17) is 20.4 Å². The second-order valence-electron chi connectivity index (χ2n) is 1.96. The lowest BCUT2D eigenvalue weighted by Gasteiger charge is -1.71. The summed E-state index contributed by atoms with van der Waals surface area (Å²) in [7, 11) is 3.25. The molecule has 0 aliphatic carbocycles. The zero-order valence-corrected chi connectivity index (χ0v) is 11.5. The number of thiol groups is 2. The third-order valence-corrected chi connectivity index (χ3v) is 0.912. The molecule has 0 aromatic heterocycles. The van der Waals surface area contributed by atoms with Gasteiger partial charge in [-0.1, -0.05) is 0 Å². The first-order valence-electron chi connectivity index (χ1n) is 4.14. The molecule has 0 saturated heterocycles. The summed E-state index contributed by atoms with van der Waals surface area (Å²) < 4.78 is 4.25. The number of hydrogen-bond acceptors (Lipinski definition) is 7. The molecule has 0 bridgehead atoms. The fourth-order valence-corrected chi connectivity index (χ4v) is 0. The van der Waals surface area contributed by atoms with E-state index in [1.807, 2.05) is 0 Å². The van der Waals surface area contributed by atoms with Gasteiger partial charge in [-0.2, -0.15) is 25.3 Å². The Labute approximate surface area is 111 Å². The quantitative estimate of drug-likeness (QED) is 0.378. The van der Waals surface area contributed by atoms with Gasteiger partial charge in [0.1, 0.15) is 0 Å². The van der Waals surface area contributed by atoms with Crippen LogP contribution in [0.1, 0.15) is 0 Å². The smallest absolute Gasteiger partial charge is 0.313 e. The van der Waals surface area contributed by atoms with Crippen molar-refractivity contribution in [3.05, 3.63) is 0 Å². The highest BCUT2D eigenvalue weighted by Gasteiger charge is 1.82. The number of carbonyl (C=O) groups is 2. The van der Waals surface area contributed by atoms with Crippen LogP contribution in [0.25, 0.3) is 0 Å². The summed E-state index contributed by atoms with van der Waals surface area (Å²) in [6.07, 6.45) is 0. The summed E-state index contributed by atoms with van der Waals surface area (Å²) in [5.41, 5.74) is 0. The van der Waals surface area contributed by atoms with Gasteiger partial charge in [0.05, 0.1) is 24.7 Å². The average Bonchev–Trinajstić information content (AvgIpc) is 2.31. The SMILES string of the molecule is COC.O=C(O)CS.O=C(O)CS.OCCO. The molecule has 0 aliphatic rings. The fraction of sp³-hybridized carbons (Fsp3) is 0.750. The number of aliphatic hydroxyl groups excluding tert-OH is 2. The molecular formula is C8H20O7S2. The lowest BCUT2D eigenvalue weighted by molar-refractivity contribution is -0.134. The molecule has 9 heteroatoms. The molecule has 0 fully saturated rings. The van der Waals surface area contributed by atoms with Crippen molar-refractivity contribution in [2.24, 2.45) is 0 Å². The van der Waals surface area contributed by atoms with Gasteiger partial charge in [0, 0.05) is 14.2 Å². The highest BCUT2D eigenvalue weighted by molar-refractivity contribution is 7.81. The Hall–Kier alpha value is -0.480. The van der Waals surface area contributed by atoms with E-state index in [1.165, 1.54) is 0 Å². The van der Waals surface area contributed by atoms with E-state index in [1.54, 1.807) is 14.2 Å². The molecule has 0 rings (SSSR count). The monoisotopic (exact) mass is 292 g/mol. The molecule has 106 valence electrons. The summed E-state index contributed by atoms with van der Waals surface area (Å²) in [6, 6.07) is 0. The number of carboxylic acids is 2. The predicted molar refractivity (Wildman–Crippen MR) is 70.1 cm³/mol.